The summed E-state index contributed by atoms with van der Waals surface area (Å²) < 4.78 is 0. The van der Waals surface area contributed by atoms with Gasteiger partial charge in [0.1, 0.15) is 0 Å². The lowest BCUT2D eigenvalue weighted by Gasteiger charge is -2.42. The third kappa shape index (κ3) is 3.47. The molecule has 3 aromatic heterocycles. The first-order valence-electron chi connectivity index (χ1n) is 10.2. The maximum absolute atomic E-state index is 4.81. The van der Waals surface area contributed by atoms with Gasteiger partial charge in [-0.15, -0.1) is 0 Å². The molecule has 0 atom stereocenters. The van der Waals surface area contributed by atoms with Gasteiger partial charge in [-0.1, -0.05) is 0 Å². The van der Waals surface area contributed by atoms with Gasteiger partial charge in [0.15, 0.2) is 0 Å². The van der Waals surface area contributed by atoms with Crippen LogP contribution in [0.25, 0.3) is 22.3 Å². The number of H-pyrrole nitrogens is 1. The molecule has 2 aliphatic rings. The van der Waals surface area contributed by atoms with Gasteiger partial charge in [-0.25, -0.2) is 4.98 Å². The van der Waals surface area contributed by atoms with Crippen molar-refractivity contribution >= 4 is 16.7 Å². The van der Waals surface area contributed by atoms with Crippen LogP contribution in [-0.4, -0.2) is 82.3 Å². The van der Waals surface area contributed by atoms with Crippen LogP contribution in [0.4, 0.5) is 5.69 Å². The average molecular weight is 377 g/mol. The third-order valence-electron chi connectivity index (χ3n) is 6.20. The maximum Gasteiger partial charge on any atom is 0.0914 e. The van der Waals surface area contributed by atoms with Gasteiger partial charge in [-0.2, -0.15) is 5.10 Å². The number of fused-ring (bicyclic) bond motifs is 1. The Kier molecular flexibility index (Phi) is 4.70. The van der Waals surface area contributed by atoms with Crippen LogP contribution >= 0.6 is 0 Å². The highest BCUT2D eigenvalue weighted by Gasteiger charge is 2.26. The molecule has 1 N–H and O–H groups in total. The first-order chi connectivity index (χ1) is 13.8. The van der Waals surface area contributed by atoms with E-state index in [1.807, 2.05) is 24.5 Å². The van der Waals surface area contributed by atoms with Gasteiger partial charge in [0.25, 0.3) is 0 Å². The molecule has 0 unspecified atom stereocenters. The minimum atomic E-state index is 0.726. The molecule has 5 heterocycles. The van der Waals surface area contributed by atoms with Gasteiger partial charge in [0.05, 0.1) is 34.8 Å². The van der Waals surface area contributed by atoms with Crippen molar-refractivity contribution in [3.8, 4) is 11.3 Å². The number of likely N-dealkylation sites (N-methyl/N-ethyl adjacent to an activating group) is 1. The molecular weight excluding hydrogens is 350 g/mol. The van der Waals surface area contributed by atoms with Crippen molar-refractivity contribution in [1.29, 1.82) is 0 Å². The molecule has 2 saturated heterocycles. The molecule has 0 bridgehead atoms. The van der Waals surface area contributed by atoms with Crippen molar-refractivity contribution in [2.75, 3.05) is 51.2 Å². The molecule has 0 saturated carbocycles. The summed E-state index contributed by atoms with van der Waals surface area (Å²) in [6, 6.07) is 6.95. The lowest BCUT2D eigenvalue weighted by atomic mass is 10.0. The molecule has 0 spiro atoms. The lowest BCUT2D eigenvalue weighted by molar-refractivity contribution is 0.0982. The van der Waals surface area contributed by atoms with Gasteiger partial charge >= 0.3 is 0 Å². The number of piperazine rings is 1. The Morgan fingerprint density at radius 1 is 0.964 bits per heavy atom. The van der Waals surface area contributed by atoms with Crippen molar-refractivity contribution in [3.05, 3.63) is 36.8 Å². The highest BCUT2D eigenvalue weighted by atomic mass is 15.3. The van der Waals surface area contributed by atoms with Crippen molar-refractivity contribution in [2.45, 2.75) is 18.9 Å². The zero-order chi connectivity index (χ0) is 18.9. The van der Waals surface area contributed by atoms with Crippen LogP contribution in [0, 0.1) is 0 Å². The summed E-state index contributed by atoms with van der Waals surface area (Å²) >= 11 is 0. The Balaban J connectivity index is 1.30. The molecule has 0 aliphatic carbocycles. The molecule has 146 valence electrons. The van der Waals surface area contributed by atoms with Crippen molar-refractivity contribution in [3.63, 3.8) is 0 Å². The number of anilines is 1. The quantitative estimate of drug-likeness (QED) is 0.755. The first-order valence-corrected chi connectivity index (χ1v) is 10.2. The zero-order valence-corrected chi connectivity index (χ0v) is 16.4. The summed E-state index contributed by atoms with van der Waals surface area (Å²) in [5, 5.41) is 6.88. The van der Waals surface area contributed by atoms with Crippen molar-refractivity contribution in [1.82, 2.24) is 30.0 Å². The molecule has 5 rings (SSSR count). The number of piperidine rings is 1. The molecule has 28 heavy (non-hydrogen) atoms. The Morgan fingerprint density at radius 3 is 2.54 bits per heavy atom. The second-order valence-electron chi connectivity index (χ2n) is 7.97. The fourth-order valence-corrected chi connectivity index (χ4v) is 4.40. The van der Waals surface area contributed by atoms with E-state index in [0.717, 1.165) is 41.4 Å². The summed E-state index contributed by atoms with van der Waals surface area (Å²) in [7, 11) is 2.22. The SMILES string of the molecule is CN1CCN(C2CCN(c3cnc4ccc(-c5cn[nH]c5)nc4c3)CC2)CC1. The van der Waals surface area contributed by atoms with E-state index in [9.17, 15) is 0 Å². The van der Waals surface area contributed by atoms with Crippen LogP contribution in [0.3, 0.4) is 0 Å². The topological polar surface area (TPSA) is 64.2 Å². The van der Waals surface area contributed by atoms with Crippen LogP contribution in [0.1, 0.15) is 12.8 Å². The molecule has 7 nitrogen and oxygen atoms in total. The van der Waals surface area contributed by atoms with E-state index in [2.05, 4.69) is 43.0 Å². The van der Waals surface area contributed by atoms with Crippen LogP contribution < -0.4 is 4.90 Å². The van der Waals surface area contributed by atoms with E-state index in [1.54, 1.807) is 6.20 Å². The summed E-state index contributed by atoms with van der Waals surface area (Å²) in [4.78, 5) is 17.0. The number of nitrogens with one attached hydrogen (secondary N) is 1. The summed E-state index contributed by atoms with van der Waals surface area (Å²) in [5.41, 5.74) is 4.98. The minimum absolute atomic E-state index is 0.726. The maximum atomic E-state index is 4.81. The molecule has 0 radical (unpaired) electrons. The highest BCUT2D eigenvalue weighted by molar-refractivity contribution is 5.80. The standard InChI is InChI=1S/C21H27N7/c1-26-8-10-28(11-9-26)17-4-6-27(7-5-17)18-12-21-20(22-15-18)3-2-19(25-21)16-13-23-24-14-16/h2-3,12-15,17H,4-11H2,1H3,(H,23,24). The Hall–Kier alpha value is -2.51. The molecular formula is C21H27N7. The van der Waals surface area contributed by atoms with Crippen molar-refractivity contribution in [2.24, 2.45) is 0 Å². The Bertz CT molecular complexity index is 923. The highest BCUT2D eigenvalue weighted by Crippen LogP contribution is 2.26. The number of aromatic amines is 1. The molecule has 7 heteroatoms. The average Bonchev–Trinajstić information content (AvgIpc) is 3.29. The summed E-state index contributed by atoms with van der Waals surface area (Å²) in [5.74, 6) is 0. The van der Waals surface area contributed by atoms with Crippen LogP contribution in [0.5, 0.6) is 0 Å². The van der Waals surface area contributed by atoms with Crippen molar-refractivity contribution < 1.29 is 0 Å². The summed E-state index contributed by atoms with van der Waals surface area (Å²) in [6.07, 6.45) is 8.12. The van der Waals surface area contributed by atoms with E-state index in [4.69, 9.17) is 4.98 Å². The Morgan fingerprint density at radius 2 is 1.79 bits per heavy atom. The molecule has 0 amide bonds. The van der Waals surface area contributed by atoms with Crippen LogP contribution in [-0.2, 0) is 0 Å². The van der Waals surface area contributed by atoms with E-state index in [1.165, 1.54) is 44.7 Å². The third-order valence-corrected chi connectivity index (χ3v) is 6.20. The van der Waals surface area contributed by atoms with Crippen LogP contribution in [0.2, 0.25) is 0 Å². The smallest absolute Gasteiger partial charge is 0.0914 e. The zero-order valence-electron chi connectivity index (χ0n) is 16.4. The number of nitrogens with zero attached hydrogens (tertiary/aromatic N) is 6. The van der Waals surface area contributed by atoms with Gasteiger partial charge in [0.2, 0.25) is 0 Å². The van der Waals surface area contributed by atoms with E-state index in [0.29, 0.717) is 0 Å². The Labute approximate surface area is 165 Å². The predicted octanol–water partition coefficient (Wildman–Crippen LogP) is 2.24. The normalized spacial score (nSPS) is 20.1. The van der Waals surface area contributed by atoms with E-state index in [-0.39, 0.29) is 0 Å². The van der Waals surface area contributed by atoms with Gasteiger partial charge in [0, 0.05) is 57.1 Å². The van der Waals surface area contributed by atoms with E-state index >= 15 is 0 Å². The molecule has 3 aromatic rings. The number of hydrogen-bond acceptors (Lipinski definition) is 6. The number of aromatic nitrogens is 4. The second-order valence-corrected chi connectivity index (χ2v) is 7.97. The number of pyridine rings is 2. The fourth-order valence-electron chi connectivity index (χ4n) is 4.40. The first kappa shape index (κ1) is 17.6. The molecule has 2 aliphatic heterocycles. The molecule has 0 aromatic carbocycles. The minimum Gasteiger partial charge on any atom is -0.370 e. The second kappa shape index (κ2) is 7.48. The monoisotopic (exact) mass is 377 g/mol. The van der Waals surface area contributed by atoms with Gasteiger partial charge in [-0.05, 0) is 38.1 Å². The largest absolute Gasteiger partial charge is 0.370 e. The summed E-state index contributed by atoms with van der Waals surface area (Å²) in [6.45, 7) is 6.98. The van der Waals surface area contributed by atoms with Gasteiger partial charge < -0.3 is 9.80 Å². The predicted molar refractivity (Wildman–Crippen MR) is 111 cm³/mol. The molecule has 2 fully saturated rings. The lowest BCUT2D eigenvalue weighted by Crippen LogP contribution is -2.52. The number of hydrogen-bond donors (Lipinski definition) is 1. The fraction of sp³-hybridized carbons (Fsp3) is 0.476. The number of rotatable bonds is 3. The van der Waals surface area contributed by atoms with Gasteiger partial charge in [-0.3, -0.25) is 15.0 Å². The van der Waals surface area contributed by atoms with Crippen LogP contribution in [0.15, 0.2) is 36.8 Å². The van der Waals surface area contributed by atoms with E-state index < -0.39 is 0 Å².